The second-order valence-corrected chi connectivity index (χ2v) is 8.97. The summed E-state index contributed by atoms with van der Waals surface area (Å²) in [7, 11) is 0. The van der Waals surface area contributed by atoms with Crippen molar-refractivity contribution >= 4 is 23.5 Å². The molecule has 0 atom stereocenters. The first kappa shape index (κ1) is 20.6. The summed E-state index contributed by atoms with van der Waals surface area (Å²) in [5.74, 6) is 1.99. The summed E-state index contributed by atoms with van der Waals surface area (Å²) < 4.78 is 0. The van der Waals surface area contributed by atoms with Crippen LogP contribution in [0.5, 0.6) is 0 Å². The van der Waals surface area contributed by atoms with Gasteiger partial charge in [0, 0.05) is 0 Å². The maximum atomic E-state index is 4.84. The predicted octanol–water partition coefficient (Wildman–Crippen LogP) is 6.49. The molecule has 4 rings (SSSR count). The molecule has 0 spiro atoms. The van der Waals surface area contributed by atoms with Crippen molar-refractivity contribution in [2.24, 2.45) is 0 Å². The van der Waals surface area contributed by atoms with E-state index in [1.54, 1.807) is 23.5 Å². The molecular formula is C24H22N4S2. The molecule has 0 aromatic carbocycles. The first-order valence-corrected chi connectivity index (χ1v) is 11.9. The largest absolute Gasteiger partial charge is 0.245 e. The lowest BCUT2D eigenvalue weighted by Gasteiger charge is -2.07. The van der Waals surface area contributed by atoms with E-state index >= 15 is 0 Å². The summed E-state index contributed by atoms with van der Waals surface area (Å²) in [5, 5.41) is 2.02. The predicted molar refractivity (Wildman–Crippen MR) is 127 cm³/mol. The molecule has 30 heavy (non-hydrogen) atoms. The molecule has 0 radical (unpaired) electrons. The summed E-state index contributed by atoms with van der Waals surface area (Å²) in [6, 6.07) is 24.1. The molecule has 0 aliphatic carbocycles. The maximum absolute atomic E-state index is 4.84. The average Bonchev–Trinajstić information content (AvgIpc) is 2.80. The second-order valence-electron chi connectivity index (χ2n) is 6.40. The first-order chi connectivity index (χ1) is 14.8. The number of pyridine rings is 4. The van der Waals surface area contributed by atoms with Gasteiger partial charge < -0.3 is 0 Å². The van der Waals surface area contributed by atoms with Gasteiger partial charge in [-0.1, -0.05) is 38.1 Å². The summed E-state index contributed by atoms with van der Waals surface area (Å²) in [6.07, 6.45) is 0. The molecule has 0 aliphatic heterocycles. The Morgan fingerprint density at radius 1 is 0.467 bits per heavy atom. The van der Waals surface area contributed by atoms with Gasteiger partial charge in [0.05, 0.1) is 44.2 Å². The standard InChI is InChI=1S/C24H22N4S2/c1-3-29-23-15-7-13-21(27-23)19-11-5-9-17(25-19)18-10-6-12-20(26-18)22-14-8-16-24(28-22)30-4-2/h5-16H,3-4H2,1-2H3. The Morgan fingerprint density at radius 2 is 0.767 bits per heavy atom. The van der Waals surface area contributed by atoms with Gasteiger partial charge in [0.15, 0.2) is 0 Å². The lowest BCUT2D eigenvalue weighted by atomic mass is 10.1. The molecule has 4 heterocycles. The third-order valence-electron chi connectivity index (χ3n) is 4.32. The van der Waals surface area contributed by atoms with Gasteiger partial charge in [0.1, 0.15) is 0 Å². The number of hydrogen-bond acceptors (Lipinski definition) is 6. The number of aromatic nitrogens is 4. The summed E-state index contributed by atoms with van der Waals surface area (Å²) in [5.41, 5.74) is 5.08. The molecule has 0 aliphatic rings. The van der Waals surface area contributed by atoms with Gasteiger partial charge in [-0.3, -0.25) is 0 Å². The molecule has 0 amide bonds. The van der Waals surface area contributed by atoms with Crippen LogP contribution < -0.4 is 0 Å². The average molecular weight is 431 g/mol. The fraction of sp³-hybridized carbons (Fsp3) is 0.167. The van der Waals surface area contributed by atoms with Crippen molar-refractivity contribution in [2.45, 2.75) is 23.9 Å². The van der Waals surface area contributed by atoms with E-state index in [9.17, 15) is 0 Å². The van der Waals surface area contributed by atoms with E-state index in [0.717, 1.165) is 55.7 Å². The second kappa shape index (κ2) is 9.87. The molecule has 0 saturated carbocycles. The zero-order chi connectivity index (χ0) is 20.8. The van der Waals surface area contributed by atoms with Gasteiger partial charge in [-0.15, -0.1) is 23.5 Å². The Labute approximate surface area is 185 Å². The Balaban J connectivity index is 1.67. The monoisotopic (exact) mass is 430 g/mol. The fourth-order valence-corrected chi connectivity index (χ4v) is 4.28. The Bertz CT molecular complexity index is 1060. The van der Waals surface area contributed by atoms with E-state index in [-0.39, 0.29) is 0 Å². The van der Waals surface area contributed by atoms with Crippen LogP contribution in [0.4, 0.5) is 0 Å². The van der Waals surface area contributed by atoms with E-state index in [4.69, 9.17) is 19.9 Å². The highest BCUT2D eigenvalue weighted by atomic mass is 32.2. The van der Waals surface area contributed by atoms with Crippen molar-refractivity contribution in [3.05, 3.63) is 72.8 Å². The van der Waals surface area contributed by atoms with E-state index in [0.29, 0.717) is 0 Å². The van der Waals surface area contributed by atoms with Crippen LogP contribution in [0.2, 0.25) is 0 Å². The Hall–Kier alpha value is -2.70. The minimum Gasteiger partial charge on any atom is -0.245 e. The van der Waals surface area contributed by atoms with E-state index in [2.05, 4.69) is 13.8 Å². The molecule has 0 unspecified atom stereocenters. The van der Waals surface area contributed by atoms with Crippen molar-refractivity contribution in [3.8, 4) is 34.2 Å². The molecular weight excluding hydrogens is 408 g/mol. The molecule has 6 heteroatoms. The zero-order valence-corrected chi connectivity index (χ0v) is 18.6. The molecule has 0 N–H and O–H groups in total. The van der Waals surface area contributed by atoms with Crippen molar-refractivity contribution in [2.75, 3.05) is 11.5 Å². The third-order valence-corrected chi connectivity index (χ3v) is 5.94. The zero-order valence-electron chi connectivity index (χ0n) is 16.9. The highest BCUT2D eigenvalue weighted by molar-refractivity contribution is 7.99. The fourth-order valence-electron chi connectivity index (χ4n) is 3.01. The van der Waals surface area contributed by atoms with Crippen LogP contribution in [0.3, 0.4) is 0 Å². The highest BCUT2D eigenvalue weighted by Gasteiger charge is 2.09. The summed E-state index contributed by atoms with van der Waals surface area (Å²) in [4.78, 5) is 19.1. The van der Waals surface area contributed by atoms with Crippen molar-refractivity contribution < 1.29 is 0 Å². The van der Waals surface area contributed by atoms with Crippen LogP contribution in [-0.4, -0.2) is 31.4 Å². The minimum atomic E-state index is 0.823. The van der Waals surface area contributed by atoms with Gasteiger partial charge in [-0.25, -0.2) is 19.9 Å². The van der Waals surface area contributed by atoms with Gasteiger partial charge in [0.2, 0.25) is 0 Å². The van der Waals surface area contributed by atoms with Gasteiger partial charge in [0.25, 0.3) is 0 Å². The maximum Gasteiger partial charge on any atom is 0.0967 e. The quantitative estimate of drug-likeness (QED) is 0.312. The SMILES string of the molecule is CCSc1cccc(-c2cccc(-c3cccc(-c4cccc(SCC)n4)n3)n2)n1. The topological polar surface area (TPSA) is 51.6 Å². The molecule has 0 bridgehead atoms. The first-order valence-electron chi connectivity index (χ1n) is 9.91. The normalized spacial score (nSPS) is 10.9. The Kier molecular flexibility index (Phi) is 6.77. The number of thioether (sulfide) groups is 2. The lowest BCUT2D eigenvalue weighted by molar-refractivity contribution is 1.11. The number of rotatable bonds is 7. The van der Waals surface area contributed by atoms with Crippen molar-refractivity contribution in [1.29, 1.82) is 0 Å². The third kappa shape index (κ3) is 4.89. The molecule has 150 valence electrons. The van der Waals surface area contributed by atoms with E-state index < -0.39 is 0 Å². The Morgan fingerprint density at radius 3 is 1.10 bits per heavy atom. The molecule has 0 fully saturated rings. The van der Waals surface area contributed by atoms with Crippen LogP contribution in [-0.2, 0) is 0 Å². The molecule has 4 nitrogen and oxygen atoms in total. The van der Waals surface area contributed by atoms with Crippen LogP contribution in [0.25, 0.3) is 34.2 Å². The molecule has 0 saturated heterocycles. The van der Waals surface area contributed by atoms with Crippen LogP contribution in [0, 0.1) is 0 Å². The smallest absolute Gasteiger partial charge is 0.0967 e. The van der Waals surface area contributed by atoms with E-state index in [1.165, 1.54) is 0 Å². The van der Waals surface area contributed by atoms with Crippen molar-refractivity contribution in [3.63, 3.8) is 0 Å². The molecule has 4 aromatic rings. The van der Waals surface area contributed by atoms with Gasteiger partial charge in [-0.2, -0.15) is 0 Å². The summed E-state index contributed by atoms with van der Waals surface area (Å²) >= 11 is 3.46. The number of hydrogen-bond donors (Lipinski definition) is 0. The number of nitrogens with zero attached hydrogens (tertiary/aromatic N) is 4. The van der Waals surface area contributed by atoms with E-state index in [1.807, 2.05) is 72.8 Å². The van der Waals surface area contributed by atoms with Crippen LogP contribution in [0.1, 0.15) is 13.8 Å². The van der Waals surface area contributed by atoms with Crippen LogP contribution >= 0.6 is 23.5 Å². The summed E-state index contributed by atoms with van der Waals surface area (Å²) in [6.45, 7) is 4.25. The highest BCUT2D eigenvalue weighted by Crippen LogP contribution is 2.25. The van der Waals surface area contributed by atoms with Gasteiger partial charge >= 0.3 is 0 Å². The van der Waals surface area contributed by atoms with Gasteiger partial charge in [-0.05, 0) is 60.0 Å². The lowest BCUT2D eigenvalue weighted by Crippen LogP contribution is -1.95. The van der Waals surface area contributed by atoms with Crippen LogP contribution in [0.15, 0.2) is 82.8 Å². The molecule has 4 aromatic heterocycles. The minimum absolute atomic E-state index is 0.823. The van der Waals surface area contributed by atoms with Crippen molar-refractivity contribution in [1.82, 2.24) is 19.9 Å².